The van der Waals surface area contributed by atoms with Gasteiger partial charge in [0.05, 0.1) is 13.4 Å². The lowest BCUT2D eigenvalue weighted by Crippen LogP contribution is -2.81. The van der Waals surface area contributed by atoms with Crippen molar-refractivity contribution in [1.29, 1.82) is 0 Å². The molecule has 1 radical (unpaired) electrons. The van der Waals surface area contributed by atoms with Crippen molar-refractivity contribution in [1.82, 2.24) is 4.90 Å². The summed E-state index contributed by atoms with van der Waals surface area (Å²) >= 11 is 21.7. The molecule has 0 unspecified atom stereocenters. The van der Waals surface area contributed by atoms with Crippen LogP contribution in [0.1, 0.15) is 0 Å². The SMILES string of the molecule is Brc1ccc([N+](c2ccc(Br)cc2Br)c2ccc(Br)cc2Br)c(Br)c1.Fc1c(F)c(F)c([B-](c2c(F)c(F)c(F)c(F)c2F)(c2c(F)c(F)c(F)c(F)c2F)c2c(F)c(F)c(F)c(F)c2F)c(F)c1F. The van der Waals surface area contributed by atoms with E-state index in [1.807, 2.05) is 36.4 Å². The largest absolute Gasteiger partial charge is 0.207 e. The Kier molecular flexibility index (Phi) is 16.5. The van der Waals surface area contributed by atoms with Gasteiger partial charge in [-0.05, 0) is 84.2 Å². The number of hydrogen-bond donors (Lipinski definition) is 0. The van der Waals surface area contributed by atoms with Crippen LogP contribution in [-0.4, -0.2) is 6.15 Å². The molecule has 0 amide bonds. The quantitative estimate of drug-likeness (QED) is 0.0493. The summed E-state index contributed by atoms with van der Waals surface area (Å²) in [6.45, 7) is 0. The van der Waals surface area contributed by atoms with E-state index in [-0.39, 0.29) is 0 Å². The second-order valence-corrected chi connectivity index (χ2v) is 19.2. The van der Waals surface area contributed by atoms with E-state index in [4.69, 9.17) is 0 Å². The van der Waals surface area contributed by atoms with Crippen LogP contribution in [0.5, 0.6) is 0 Å². The van der Waals surface area contributed by atoms with Crippen molar-refractivity contribution in [2.24, 2.45) is 0 Å². The third-order valence-electron chi connectivity index (χ3n) is 10.2. The average molecular weight is 1400 g/mol. The Morgan fingerprint density at radius 1 is 0.243 bits per heavy atom. The molecule has 0 bridgehead atoms. The third kappa shape index (κ3) is 9.12. The molecule has 0 heterocycles. The summed E-state index contributed by atoms with van der Waals surface area (Å²) in [5.74, 6) is -71.4. The smallest absolute Gasteiger partial charge is 0.206 e. The first-order chi connectivity index (χ1) is 32.6. The summed E-state index contributed by atoms with van der Waals surface area (Å²) in [6.07, 6.45) is -7.22. The zero-order valence-corrected chi connectivity index (χ0v) is 42.1. The van der Waals surface area contributed by atoms with Gasteiger partial charge in [-0.3, -0.25) is 0 Å². The number of benzene rings is 7. The number of nitrogens with zero attached hydrogens (tertiary/aromatic N) is 1. The highest BCUT2D eigenvalue weighted by Gasteiger charge is 2.52. The summed E-state index contributed by atoms with van der Waals surface area (Å²) in [5.41, 5.74) is -11.2. The van der Waals surface area contributed by atoms with Gasteiger partial charge in [0, 0.05) is 31.6 Å². The van der Waals surface area contributed by atoms with E-state index in [2.05, 4.69) is 119 Å². The Hall–Kier alpha value is -3.96. The second kappa shape index (κ2) is 20.9. The Labute approximate surface area is 428 Å². The first kappa shape index (κ1) is 55.4. The molecule has 70 heavy (non-hydrogen) atoms. The van der Waals surface area contributed by atoms with Crippen molar-refractivity contribution >= 4 is 141 Å². The fraction of sp³-hybridized carbons (Fsp3) is 0. The monoisotopic (exact) mass is 1390 g/mol. The van der Waals surface area contributed by atoms with Gasteiger partial charge in [0.15, 0.2) is 69.8 Å². The van der Waals surface area contributed by atoms with Crippen LogP contribution in [0.2, 0.25) is 0 Å². The lowest BCUT2D eigenvalue weighted by atomic mass is 9.12. The van der Waals surface area contributed by atoms with Gasteiger partial charge in [0.25, 0.3) is 0 Å². The molecule has 0 aromatic heterocycles. The molecule has 7 aromatic carbocycles. The number of anilines is 3. The van der Waals surface area contributed by atoms with Gasteiger partial charge < -0.3 is 0 Å². The summed E-state index contributed by atoms with van der Waals surface area (Å²) in [6, 6.07) is 18.5. The van der Waals surface area contributed by atoms with E-state index in [0.29, 0.717) is 0 Å². The van der Waals surface area contributed by atoms with Crippen LogP contribution in [0.25, 0.3) is 0 Å². The third-order valence-corrected chi connectivity index (χ3v) is 13.5. The molecule has 0 aliphatic carbocycles. The highest BCUT2D eigenvalue weighted by atomic mass is 79.9. The van der Waals surface area contributed by atoms with Crippen molar-refractivity contribution in [3.05, 3.63) is 198 Å². The zero-order chi connectivity index (χ0) is 52.5. The minimum atomic E-state index is -7.22. The predicted molar refractivity (Wildman–Crippen MR) is 236 cm³/mol. The first-order valence-electron chi connectivity index (χ1n) is 18.0. The Bertz CT molecular complexity index is 2820. The minimum absolute atomic E-state index is 0.992. The van der Waals surface area contributed by atoms with E-state index in [0.717, 1.165) is 43.9 Å². The molecule has 0 saturated heterocycles. The molecular weight excluding hydrogens is 1390 g/mol. The van der Waals surface area contributed by atoms with E-state index < -0.39 is 144 Å². The number of hydrogen-bond acceptors (Lipinski definition) is 1. The normalized spacial score (nSPS) is 11.7. The molecular formula is C42H9BBr6F20N. The fourth-order valence-corrected chi connectivity index (χ4v) is 10.9. The van der Waals surface area contributed by atoms with Crippen molar-refractivity contribution in [3.63, 3.8) is 0 Å². The van der Waals surface area contributed by atoms with Crippen LogP contribution < -0.4 is 26.8 Å². The summed E-state index contributed by atoms with van der Waals surface area (Å²) in [5, 5.41) is 0. The number of rotatable bonds is 7. The molecule has 0 N–H and O–H groups in total. The highest BCUT2D eigenvalue weighted by molar-refractivity contribution is 9.11. The van der Waals surface area contributed by atoms with Crippen molar-refractivity contribution in [2.75, 3.05) is 0 Å². The van der Waals surface area contributed by atoms with Crippen molar-refractivity contribution in [3.8, 4) is 0 Å². The van der Waals surface area contributed by atoms with E-state index in [1.54, 1.807) is 0 Å². The topological polar surface area (TPSA) is 5.90 Å². The van der Waals surface area contributed by atoms with Crippen LogP contribution in [0.4, 0.5) is 105 Å². The highest BCUT2D eigenvalue weighted by Crippen LogP contribution is 2.46. The van der Waals surface area contributed by atoms with Gasteiger partial charge in [-0.1, -0.05) is 52.7 Å². The molecule has 7 rings (SSSR count). The van der Waals surface area contributed by atoms with Crippen LogP contribution in [0.3, 0.4) is 0 Å². The zero-order valence-electron chi connectivity index (χ0n) is 32.5. The van der Waals surface area contributed by atoms with E-state index in [9.17, 15) is 52.7 Å². The summed E-state index contributed by atoms with van der Waals surface area (Å²) in [7, 11) is 0. The van der Waals surface area contributed by atoms with Crippen LogP contribution in [0, 0.1) is 116 Å². The predicted octanol–water partition coefficient (Wildman–Crippen LogP) is 15.5. The van der Waals surface area contributed by atoms with Gasteiger partial charge in [-0.2, -0.15) is 0 Å². The van der Waals surface area contributed by atoms with Gasteiger partial charge in [-0.15, -0.1) is 21.9 Å². The Morgan fingerprint density at radius 2 is 0.400 bits per heavy atom. The molecule has 0 aliphatic rings. The molecule has 1 nitrogen and oxygen atoms in total. The van der Waals surface area contributed by atoms with E-state index >= 15 is 35.1 Å². The average Bonchev–Trinajstić information content (AvgIpc) is 3.30. The first-order valence-corrected chi connectivity index (χ1v) is 22.7. The van der Waals surface area contributed by atoms with Crippen LogP contribution in [0.15, 0.2) is 81.4 Å². The maximum Gasteiger partial charge on any atom is 0.206 e. The molecule has 7 aromatic rings. The molecule has 0 spiro atoms. The van der Waals surface area contributed by atoms with Crippen LogP contribution in [-0.2, 0) is 0 Å². The molecule has 0 fully saturated rings. The Morgan fingerprint density at radius 3 is 0.557 bits per heavy atom. The van der Waals surface area contributed by atoms with Gasteiger partial charge in [-0.25, -0.2) is 87.8 Å². The molecule has 367 valence electrons. The molecule has 0 atom stereocenters. The maximum absolute atomic E-state index is 15.4. The van der Waals surface area contributed by atoms with Gasteiger partial charge in [0.1, 0.15) is 52.7 Å². The van der Waals surface area contributed by atoms with Crippen molar-refractivity contribution in [2.45, 2.75) is 0 Å². The lowest BCUT2D eigenvalue weighted by molar-refractivity contribution is 0.378. The maximum atomic E-state index is 15.4. The lowest BCUT2D eigenvalue weighted by Gasteiger charge is -2.44. The fourth-order valence-electron chi connectivity index (χ4n) is 7.25. The van der Waals surface area contributed by atoms with Crippen molar-refractivity contribution < 1.29 is 87.8 Å². The molecule has 28 heteroatoms. The van der Waals surface area contributed by atoms with Gasteiger partial charge in [0.2, 0.25) is 17.1 Å². The van der Waals surface area contributed by atoms with Crippen LogP contribution >= 0.6 is 95.6 Å². The second-order valence-electron chi connectivity index (χ2n) is 13.9. The standard InChI is InChI=1S/C24BF20.C18H9Br6N/c26-5-1(6(27)14(35)21(42)13(5)34)25(2-7(28)15(36)22(43)16(37)8(2)29,3-9(30)17(38)23(44)18(39)10(3)31)4-11(32)19(40)24(45)20(41)12(4)33;19-10-1-4-16(13(22)7-10)25(17-5-2-11(20)8-14(17)23)18-6-3-12(21)9-15(18)24/h;1-9H/q-1;+1. The van der Waals surface area contributed by atoms with Gasteiger partial charge >= 0.3 is 0 Å². The summed E-state index contributed by atoms with van der Waals surface area (Å²) in [4.78, 5) is 2.20. The Balaban J connectivity index is 0.000000270. The molecule has 0 aliphatic heterocycles. The number of halogens is 26. The summed E-state index contributed by atoms with van der Waals surface area (Å²) < 4.78 is 300. The molecule has 0 saturated carbocycles. The minimum Gasteiger partial charge on any atom is -0.207 e. The van der Waals surface area contributed by atoms with E-state index in [1.165, 1.54) is 0 Å².